The van der Waals surface area contributed by atoms with Gasteiger partial charge in [-0.2, -0.15) is 0 Å². The van der Waals surface area contributed by atoms with Crippen molar-refractivity contribution in [2.24, 2.45) is 0 Å². The number of amides is 1. The Balaban J connectivity index is 1.70. The van der Waals surface area contributed by atoms with Gasteiger partial charge in [0.2, 0.25) is 0 Å². The molecule has 4 heteroatoms. The van der Waals surface area contributed by atoms with Gasteiger partial charge in [0.1, 0.15) is 0 Å². The summed E-state index contributed by atoms with van der Waals surface area (Å²) in [5, 5.41) is 3.93. The molecular weight excluding hydrogens is 250 g/mol. The molecule has 3 aromatic rings. The first-order valence-corrected chi connectivity index (χ1v) is 6.42. The van der Waals surface area contributed by atoms with Crippen LogP contribution in [0.5, 0.6) is 0 Å². The standard InChI is InChI=1S/C16H15N3O/c17-14-4-1-11(2-5-14)10-19-16(20)13-3-6-15-12(9-13)7-8-18-15/h1-9,18H,10,17H2,(H,19,20). The molecule has 3 rings (SSSR count). The number of H-pyrrole nitrogens is 1. The number of nitrogens with two attached hydrogens (primary N) is 1. The molecule has 0 atom stereocenters. The average Bonchev–Trinajstić information content (AvgIpc) is 2.93. The topological polar surface area (TPSA) is 70.9 Å². The molecule has 0 saturated carbocycles. The number of carbonyl (C=O) groups is 1. The van der Waals surface area contributed by atoms with Gasteiger partial charge in [0.25, 0.3) is 5.91 Å². The molecule has 0 aliphatic heterocycles. The maximum atomic E-state index is 12.1. The second-order valence-corrected chi connectivity index (χ2v) is 4.70. The van der Waals surface area contributed by atoms with Crippen molar-refractivity contribution in [3.63, 3.8) is 0 Å². The zero-order valence-corrected chi connectivity index (χ0v) is 10.9. The van der Waals surface area contributed by atoms with Crippen LogP contribution in [0.15, 0.2) is 54.7 Å². The lowest BCUT2D eigenvalue weighted by molar-refractivity contribution is 0.0951. The molecule has 0 bridgehead atoms. The number of fused-ring (bicyclic) bond motifs is 1. The Labute approximate surface area is 116 Å². The molecule has 2 aromatic carbocycles. The van der Waals surface area contributed by atoms with Crippen molar-refractivity contribution < 1.29 is 4.79 Å². The first kappa shape index (κ1) is 12.3. The Hall–Kier alpha value is -2.75. The van der Waals surface area contributed by atoms with Crippen LogP contribution in [0.2, 0.25) is 0 Å². The average molecular weight is 265 g/mol. The molecule has 0 fully saturated rings. The number of nitrogen functional groups attached to an aromatic ring is 1. The number of hydrogen-bond acceptors (Lipinski definition) is 2. The number of carbonyl (C=O) groups excluding carboxylic acids is 1. The fraction of sp³-hybridized carbons (Fsp3) is 0.0625. The van der Waals surface area contributed by atoms with Crippen molar-refractivity contribution in [2.75, 3.05) is 5.73 Å². The number of rotatable bonds is 3. The molecule has 0 aliphatic rings. The van der Waals surface area contributed by atoms with Gasteiger partial charge in [0, 0.05) is 34.9 Å². The summed E-state index contributed by atoms with van der Waals surface area (Å²) in [5.41, 5.74) is 9.06. The molecule has 0 spiro atoms. The Morgan fingerprint density at radius 2 is 1.90 bits per heavy atom. The zero-order chi connectivity index (χ0) is 13.9. The zero-order valence-electron chi connectivity index (χ0n) is 10.9. The monoisotopic (exact) mass is 265 g/mol. The number of nitrogens with one attached hydrogen (secondary N) is 2. The third-order valence-electron chi connectivity index (χ3n) is 3.25. The van der Waals surface area contributed by atoms with Crippen LogP contribution in [-0.2, 0) is 6.54 Å². The van der Waals surface area contributed by atoms with E-state index in [1.54, 1.807) is 0 Å². The van der Waals surface area contributed by atoms with Crippen molar-refractivity contribution in [1.82, 2.24) is 10.3 Å². The summed E-state index contributed by atoms with van der Waals surface area (Å²) in [6.45, 7) is 0.490. The number of benzene rings is 2. The van der Waals surface area contributed by atoms with Crippen LogP contribution in [-0.4, -0.2) is 10.9 Å². The van der Waals surface area contributed by atoms with Gasteiger partial charge in [-0.3, -0.25) is 4.79 Å². The Morgan fingerprint density at radius 1 is 1.10 bits per heavy atom. The molecule has 1 amide bonds. The summed E-state index contributed by atoms with van der Waals surface area (Å²) in [6, 6.07) is 15.0. The fourth-order valence-corrected chi connectivity index (χ4v) is 2.11. The van der Waals surface area contributed by atoms with E-state index in [9.17, 15) is 4.79 Å². The van der Waals surface area contributed by atoms with Crippen molar-refractivity contribution in [2.45, 2.75) is 6.54 Å². The van der Waals surface area contributed by atoms with Crippen LogP contribution in [0.25, 0.3) is 10.9 Å². The Kier molecular flexibility index (Phi) is 3.13. The fourth-order valence-electron chi connectivity index (χ4n) is 2.11. The van der Waals surface area contributed by atoms with E-state index in [-0.39, 0.29) is 5.91 Å². The highest BCUT2D eigenvalue weighted by Crippen LogP contribution is 2.14. The first-order valence-electron chi connectivity index (χ1n) is 6.42. The highest BCUT2D eigenvalue weighted by atomic mass is 16.1. The summed E-state index contributed by atoms with van der Waals surface area (Å²) in [5.74, 6) is -0.0788. The van der Waals surface area contributed by atoms with Crippen LogP contribution >= 0.6 is 0 Å². The number of aromatic amines is 1. The lowest BCUT2D eigenvalue weighted by Crippen LogP contribution is -2.22. The van der Waals surface area contributed by atoms with Gasteiger partial charge < -0.3 is 16.0 Å². The lowest BCUT2D eigenvalue weighted by Gasteiger charge is -2.06. The van der Waals surface area contributed by atoms with E-state index >= 15 is 0 Å². The molecule has 1 heterocycles. The number of anilines is 1. The van der Waals surface area contributed by atoms with Gasteiger partial charge >= 0.3 is 0 Å². The highest BCUT2D eigenvalue weighted by molar-refractivity contribution is 5.98. The molecule has 100 valence electrons. The maximum absolute atomic E-state index is 12.1. The van der Waals surface area contributed by atoms with E-state index in [1.807, 2.05) is 54.7 Å². The van der Waals surface area contributed by atoms with Crippen LogP contribution in [0, 0.1) is 0 Å². The van der Waals surface area contributed by atoms with E-state index in [0.29, 0.717) is 12.1 Å². The van der Waals surface area contributed by atoms with E-state index in [0.717, 1.165) is 22.2 Å². The largest absolute Gasteiger partial charge is 0.399 e. The lowest BCUT2D eigenvalue weighted by atomic mass is 10.1. The minimum atomic E-state index is -0.0788. The second kappa shape index (κ2) is 5.09. The summed E-state index contributed by atoms with van der Waals surface area (Å²) in [4.78, 5) is 15.2. The third kappa shape index (κ3) is 2.49. The molecular formula is C16H15N3O. The normalized spacial score (nSPS) is 10.6. The third-order valence-corrected chi connectivity index (χ3v) is 3.25. The highest BCUT2D eigenvalue weighted by Gasteiger charge is 2.06. The van der Waals surface area contributed by atoms with E-state index in [4.69, 9.17) is 5.73 Å². The Bertz CT molecular complexity index is 744. The molecule has 0 aliphatic carbocycles. The van der Waals surface area contributed by atoms with E-state index < -0.39 is 0 Å². The Morgan fingerprint density at radius 3 is 2.70 bits per heavy atom. The smallest absolute Gasteiger partial charge is 0.251 e. The van der Waals surface area contributed by atoms with Crippen molar-refractivity contribution in [3.05, 3.63) is 65.9 Å². The van der Waals surface area contributed by atoms with Crippen molar-refractivity contribution in [1.29, 1.82) is 0 Å². The minimum Gasteiger partial charge on any atom is -0.399 e. The SMILES string of the molecule is Nc1ccc(CNC(=O)c2ccc3[nH]ccc3c2)cc1. The summed E-state index contributed by atoms with van der Waals surface area (Å²) in [6.07, 6.45) is 1.86. The first-order chi connectivity index (χ1) is 9.72. The van der Waals surface area contributed by atoms with E-state index in [2.05, 4.69) is 10.3 Å². The molecule has 0 radical (unpaired) electrons. The number of aromatic nitrogens is 1. The van der Waals surface area contributed by atoms with Gasteiger partial charge in [0.15, 0.2) is 0 Å². The molecule has 0 saturated heterocycles. The van der Waals surface area contributed by atoms with Crippen molar-refractivity contribution in [3.8, 4) is 0 Å². The predicted molar refractivity (Wildman–Crippen MR) is 80.3 cm³/mol. The molecule has 4 N–H and O–H groups in total. The minimum absolute atomic E-state index is 0.0788. The van der Waals surface area contributed by atoms with Crippen LogP contribution in [0.4, 0.5) is 5.69 Å². The molecule has 20 heavy (non-hydrogen) atoms. The molecule has 0 unspecified atom stereocenters. The predicted octanol–water partition coefficient (Wildman–Crippen LogP) is 2.68. The summed E-state index contributed by atoms with van der Waals surface area (Å²) in [7, 11) is 0. The second-order valence-electron chi connectivity index (χ2n) is 4.70. The van der Waals surface area contributed by atoms with Crippen LogP contribution < -0.4 is 11.1 Å². The summed E-state index contributed by atoms with van der Waals surface area (Å²) < 4.78 is 0. The van der Waals surface area contributed by atoms with Gasteiger partial charge in [0.05, 0.1) is 0 Å². The van der Waals surface area contributed by atoms with Gasteiger partial charge in [-0.05, 0) is 42.0 Å². The summed E-state index contributed by atoms with van der Waals surface area (Å²) >= 11 is 0. The quantitative estimate of drug-likeness (QED) is 0.637. The molecule has 4 nitrogen and oxygen atoms in total. The van der Waals surface area contributed by atoms with Crippen LogP contribution in [0.1, 0.15) is 15.9 Å². The van der Waals surface area contributed by atoms with Crippen molar-refractivity contribution >= 4 is 22.5 Å². The van der Waals surface area contributed by atoms with Crippen LogP contribution in [0.3, 0.4) is 0 Å². The van der Waals surface area contributed by atoms with E-state index in [1.165, 1.54) is 0 Å². The number of hydrogen-bond donors (Lipinski definition) is 3. The maximum Gasteiger partial charge on any atom is 0.251 e. The van der Waals surface area contributed by atoms with Gasteiger partial charge in [-0.15, -0.1) is 0 Å². The molecule has 1 aromatic heterocycles. The van der Waals surface area contributed by atoms with Gasteiger partial charge in [-0.25, -0.2) is 0 Å². The van der Waals surface area contributed by atoms with Gasteiger partial charge in [-0.1, -0.05) is 12.1 Å².